The first kappa shape index (κ1) is 37.2. The largest absolute Gasteiger partial charge is 0.473 e. The molecule has 7 rings (SSSR count). The van der Waals surface area contributed by atoms with Gasteiger partial charge in [-0.1, -0.05) is 60.7 Å². The molecule has 2 fully saturated rings. The number of aliphatic hydroxyl groups excluding tert-OH is 1. The van der Waals surface area contributed by atoms with E-state index >= 15 is 0 Å². The lowest BCUT2D eigenvalue weighted by atomic mass is 9.94. The number of ether oxygens (including phenoxy) is 3. The predicted molar refractivity (Wildman–Crippen MR) is 211 cm³/mol. The maximum absolute atomic E-state index is 12.7. The molecule has 1 atom stereocenters. The van der Waals surface area contributed by atoms with Crippen LogP contribution in [0.5, 0.6) is 11.8 Å². The highest BCUT2D eigenvalue weighted by Gasteiger charge is 2.33. The van der Waals surface area contributed by atoms with Crippen LogP contribution in [0, 0.1) is 5.92 Å². The zero-order valence-electron chi connectivity index (χ0n) is 31.9. The van der Waals surface area contributed by atoms with Crippen molar-refractivity contribution in [2.24, 2.45) is 13.0 Å². The molecule has 11 heteroatoms. The molecule has 1 amide bonds. The van der Waals surface area contributed by atoms with Crippen LogP contribution in [0.25, 0.3) is 22.2 Å². The van der Waals surface area contributed by atoms with Gasteiger partial charge < -0.3 is 29.1 Å². The minimum Gasteiger partial charge on any atom is -0.473 e. The fourth-order valence-electron chi connectivity index (χ4n) is 7.40. The Morgan fingerprint density at radius 3 is 2.20 bits per heavy atom. The third kappa shape index (κ3) is 8.97. The molecule has 2 aliphatic rings. The Labute approximate surface area is 318 Å². The molecule has 284 valence electrons. The van der Waals surface area contributed by atoms with E-state index in [-0.39, 0.29) is 18.7 Å². The van der Waals surface area contributed by atoms with Gasteiger partial charge in [-0.25, -0.2) is 4.79 Å². The SMILES string of the molecule is Cn1nc(-c2ccc(OCc3ccccc3)nc2OCc2ccccc2)c2ccc(N3CCC(CN4CCN(C(=O)OC(C)(C)C)C[C@H]4CO)CC3)cc21. The molecule has 0 radical (unpaired) electrons. The van der Waals surface area contributed by atoms with Crippen LogP contribution in [0.15, 0.2) is 91.0 Å². The molecular weight excluding hydrogens is 681 g/mol. The number of hydrogen-bond acceptors (Lipinski definition) is 9. The molecule has 5 aromatic rings. The average molecular weight is 733 g/mol. The second kappa shape index (κ2) is 16.5. The molecule has 2 saturated heterocycles. The fraction of sp³-hybridized carbons (Fsp3) is 0.419. The minimum atomic E-state index is -0.538. The second-order valence-electron chi connectivity index (χ2n) is 15.4. The molecule has 4 heterocycles. The molecule has 11 nitrogen and oxygen atoms in total. The van der Waals surface area contributed by atoms with Crippen molar-refractivity contribution in [1.29, 1.82) is 0 Å². The molecule has 54 heavy (non-hydrogen) atoms. The van der Waals surface area contributed by atoms with Gasteiger partial charge in [0.15, 0.2) is 0 Å². The van der Waals surface area contributed by atoms with Gasteiger partial charge in [0.1, 0.15) is 24.5 Å². The lowest BCUT2D eigenvalue weighted by molar-refractivity contribution is -0.00822. The van der Waals surface area contributed by atoms with E-state index in [4.69, 9.17) is 24.3 Å². The first-order valence-electron chi connectivity index (χ1n) is 19.0. The quantitative estimate of drug-likeness (QED) is 0.155. The summed E-state index contributed by atoms with van der Waals surface area (Å²) < 4.78 is 20.0. The number of pyridine rings is 1. The normalized spacial score (nSPS) is 17.2. The molecule has 3 aromatic carbocycles. The lowest BCUT2D eigenvalue weighted by Gasteiger charge is -2.43. The van der Waals surface area contributed by atoms with Crippen LogP contribution in [-0.2, 0) is 25.0 Å². The van der Waals surface area contributed by atoms with Crippen LogP contribution < -0.4 is 14.4 Å². The summed E-state index contributed by atoms with van der Waals surface area (Å²) in [5.74, 6) is 1.49. The third-order valence-corrected chi connectivity index (χ3v) is 10.3. The van der Waals surface area contributed by atoms with Gasteiger partial charge in [-0.3, -0.25) is 9.58 Å². The van der Waals surface area contributed by atoms with Crippen LogP contribution in [0.2, 0.25) is 0 Å². The van der Waals surface area contributed by atoms with Crippen LogP contribution in [0.1, 0.15) is 44.7 Å². The van der Waals surface area contributed by atoms with Crippen molar-refractivity contribution >= 4 is 22.7 Å². The first-order valence-corrected chi connectivity index (χ1v) is 19.0. The number of amides is 1. The number of piperidine rings is 1. The number of carbonyl (C=O) groups is 1. The van der Waals surface area contributed by atoms with Crippen LogP contribution >= 0.6 is 0 Å². The minimum absolute atomic E-state index is 0.0216. The Kier molecular flexibility index (Phi) is 11.4. The molecule has 1 N–H and O–H groups in total. The topological polar surface area (TPSA) is 105 Å². The van der Waals surface area contributed by atoms with Crippen molar-refractivity contribution in [2.45, 2.75) is 58.5 Å². The van der Waals surface area contributed by atoms with Crippen LogP contribution in [0.4, 0.5) is 10.5 Å². The van der Waals surface area contributed by atoms with E-state index in [1.165, 1.54) is 5.69 Å². The fourth-order valence-corrected chi connectivity index (χ4v) is 7.40. The summed E-state index contributed by atoms with van der Waals surface area (Å²) in [5, 5.41) is 16.2. The zero-order chi connectivity index (χ0) is 37.7. The summed E-state index contributed by atoms with van der Waals surface area (Å²) >= 11 is 0. The number of piperazine rings is 1. The van der Waals surface area contributed by atoms with Gasteiger partial charge in [-0.05, 0) is 74.9 Å². The second-order valence-corrected chi connectivity index (χ2v) is 15.4. The number of rotatable bonds is 11. The van der Waals surface area contributed by atoms with E-state index in [2.05, 4.69) is 28.0 Å². The summed E-state index contributed by atoms with van der Waals surface area (Å²) in [7, 11) is 1.98. The Balaban J connectivity index is 1.02. The molecular formula is C43H52N6O5. The van der Waals surface area contributed by atoms with Crippen molar-refractivity contribution in [2.75, 3.05) is 50.8 Å². The van der Waals surface area contributed by atoms with Gasteiger partial charge in [0.2, 0.25) is 11.8 Å². The highest BCUT2D eigenvalue weighted by atomic mass is 16.6. The molecule has 2 aromatic heterocycles. The maximum atomic E-state index is 12.7. The predicted octanol–water partition coefficient (Wildman–Crippen LogP) is 6.92. The van der Waals surface area contributed by atoms with Crippen LogP contribution in [0.3, 0.4) is 0 Å². The van der Waals surface area contributed by atoms with E-state index in [0.29, 0.717) is 44.0 Å². The van der Waals surface area contributed by atoms with Gasteiger partial charge in [-0.2, -0.15) is 10.1 Å². The van der Waals surface area contributed by atoms with E-state index < -0.39 is 5.60 Å². The van der Waals surface area contributed by atoms with Gasteiger partial charge >= 0.3 is 6.09 Å². The van der Waals surface area contributed by atoms with Crippen LogP contribution in [-0.4, -0.2) is 93.3 Å². The molecule has 0 saturated carbocycles. The average Bonchev–Trinajstić information content (AvgIpc) is 3.51. The Morgan fingerprint density at radius 2 is 1.54 bits per heavy atom. The Morgan fingerprint density at radius 1 is 0.852 bits per heavy atom. The number of anilines is 1. The zero-order valence-corrected chi connectivity index (χ0v) is 31.9. The summed E-state index contributed by atoms with van der Waals surface area (Å²) in [6.45, 7) is 11.1. The lowest BCUT2D eigenvalue weighted by Crippen LogP contribution is -2.58. The van der Waals surface area contributed by atoms with Crippen molar-refractivity contribution in [3.05, 3.63) is 102 Å². The number of carbonyl (C=O) groups excluding carboxylic acids is 1. The smallest absolute Gasteiger partial charge is 0.410 e. The molecule has 0 bridgehead atoms. The van der Waals surface area contributed by atoms with E-state index in [9.17, 15) is 9.90 Å². The number of benzene rings is 3. The summed E-state index contributed by atoms with van der Waals surface area (Å²) in [5.41, 5.74) is 5.42. The monoisotopic (exact) mass is 732 g/mol. The van der Waals surface area contributed by atoms with E-state index in [1.54, 1.807) is 4.90 Å². The van der Waals surface area contributed by atoms with Gasteiger partial charge in [0.05, 0.1) is 23.7 Å². The van der Waals surface area contributed by atoms with Crippen molar-refractivity contribution < 1.29 is 24.1 Å². The van der Waals surface area contributed by atoms with Gasteiger partial charge in [-0.15, -0.1) is 0 Å². The molecule has 0 aliphatic carbocycles. The molecule has 0 spiro atoms. The third-order valence-electron chi connectivity index (χ3n) is 10.3. The highest BCUT2D eigenvalue weighted by Crippen LogP contribution is 2.37. The standard InChI is InChI=1S/C43H52N6O5/c1-43(2,3)54-42(51)49-24-23-48(35(27-49)28-50)26-31-19-21-47(22-20-31)34-15-16-36-38(25-34)46(4)45-40(36)37-17-18-39(52-29-32-11-7-5-8-12-32)44-41(37)53-30-33-13-9-6-10-14-33/h5-18,25,31,35,50H,19-24,26-30H2,1-4H3/t35-/m0/s1. The van der Waals surface area contributed by atoms with Crippen molar-refractivity contribution in [3.63, 3.8) is 0 Å². The molecule has 2 aliphatic heterocycles. The molecule has 0 unspecified atom stereocenters. The number of nitrogens with zero attached hydrogens (tertiary/aromatic N) is 6. The Bertz CT molecular complexity index is 2010. The number of aromatic nitrogens is 3. The van der Waals surface area contributed by atoms with Crippen molar-refractivity contribution in [1.82, 2.24) is 24.6 Å². The Hall–Kier alpha value is -5.13. The highest BCUT2D eigenvalue weighted by molar-refractivity contribution is 5.96. The maximum Gasteiger partial charge on any atom is 0.410 e. The summed E-state index contributed by atoms with van der Waals surface area (Å²) in [6, 6.07) is 30.5. The van der Waals surface area contributed by atoms with E-state index in [1.807, 2.05) is 105 Å². The van der Waals surface area contributed by atoms with E-state index in [0.717, 1.165) is 72.3 Å². The van der Waals surface area contributed by atoms with Gasteiger partial charge in [0.25, 0.3) is 0 Å². The van der Waals surface area contributed by atoms with Crippen molar-refractivity contribution in [3.8, 4) is 23.0 Å². The first-order chi connectivity index (χ1) is 26.1. The number of hydrogen-bond donors (Lipinski definition) is 1. The van der Waals surface area contributed by atoms with Gasteiger partial charge in [0, 0.05) is 63.5 Å². The summed E-state index contributed by atoms with van der Waals surface area (Å²) in [4.78, 5) is 24.0. The summed E-state index contributed by atoms with van der Waals surface area (Å²) in [6.07, 6.45) is 1.82. The number of aryl methyl sites for hydroxylation is 1. The number of fused-ring (bicyclic) bond motifs is 1. The number of aliphatic hydroxyl groups is 1.